The predicted octanol–water partition coefficient (Wildman–Crippen LogP) is 1.19. The Morgan fingerprint density at radius 3 is 2.80 bits per heavy atom. The van der Waals surface area contributed by atoms with Crippen LogP contribution in [0, 0.1) is 23.7 Å². The van der Waals surface area contributed by atoms with Crippen molar-refractivity contribution in [1.29, 1.82) is 0 Å². The number of hydrogen-bond donors (Lipinski definition) is 1. The van der Waals surface area contributed by atoms with E-state index in [9.17, 15) is 0 Å². The third kappa shape index (κ3) is 1.40. The highest BCUT2D eigenvalue weighted by atomic mass is 16.2. The summed E-state index contributed by atoms with van der Waals surface area (Å²) in [6, 6.07) is 0. The van der Waals surface area contributed by atoms with Gasteiger partial charge in [-0.25, -0.2) is 0 Å². The van der Waals surface area contributed by atoms with Gasteiger partial charge in [0.2, 0.25) is 0 Å². The van der Waals surface area contributed by atoms with Crippen LogP contribution in [0.3, 0.4) is 0 Å². The highest BCUT2D eigenvalue weighted by Crippen LogP contribution is 2.33. The molecule has 1 rings (SSSR count). The number of aliphatic hydroxyl groups is 1. The average molecular weight is 136 g/mol. The first-order valence-corrected chi connectivity index (χ1v) is 3.60. The second-order valence-electron chi connectivity index (χ2n) is 2.56. The summed E-state index contributed by atoms with van der Waals surface area (Å²) >= 11 is 0. The van der Waals surface area contributed by atoms with Gasteiger partial charge in [0, 0.05) is 5.92 Å². The summed E-state index contributed by atoms with van der Waals surface area (Å²) in [4.78, 5) is 0. The summed E-state index contributed by atoms with van der Waals surface area (Å²) in [6.07, 6.45) is 4.35. The molecule has 1 heteroatoms. The number of allylic oxidation sites excluding steroid dienone is 1. The standard InChI is InChI=1S/C9H12O/c1-2-8-5-6-9(8)4-3-7-10/h2,8-10H,1,5-7H2/t8-,9-/m1/s1. The molecular weight excluding hydrogens is 124 g/mol. The first-order chi connectivity index (χ1) is 4.88. The lowest BCUT2D eigenvalue weighted by molar-refractivity contribution is 0.296. The van der Waals surface area contributed by atoms with Crippen molar-refractivity contribution < 1.29 is 5.11 Å². The average Bonchev–Trinajstić information content (AvgIpc) is 1.88. The van der Waals surface area contributed by atoms with E-state index in [4.69, 9.17) is 5.11 Å². The smallest absolute Gasteiger partial charge is 0.104 e. The molecule has 0 unspecified atom stereocenters. The molecule has 0 aliphatic heterocycles. The van der Waals surface area contributed by atoms with E-state index in [0.717, 1.165) is 0 Å². The van der Waals surface area contributed by atoms with Crippen LogP contribution in [0.15, 0.2) is 12.7 Å². The van der Waals surface area contributed by atoms with Gasteiger partial charge in [-0.1, -0.05) is 17.9 Å². The summed E-state index contributed by atoms with van der Waals surface area (Å²) in [5, 5.41) is 8.39. The van der Waals surface area contributed by atoms with Gasteiger partial charge in [0.15, 0.2) is 0 Å². The van der Waals surface area contributed by atoms with Crippen LogP contribution in [0.5, 0.6) is 0 Å². The molecule has 1 fully saturated rings. The zero-order valence-electron chi connectivity index (χ0n) is 6.01. The number of hydrogen-bond acceptors (Lipinski definition) is 1. The van der Waals surface area contributed by atoms with E-state index in [-0.39, 0.29) is 6.61 Å². The second kappa shape index (κ2) is 3.43. The van der Waals surface area contributed by atoms with Gasteiger partial charge in [-0.2, -0.15) is 0 Å². The molecule has 0 saturated heterocycles. The van der Waals surface area contributed by atoms with Crippen molar-refractivity contribution in [3.63, 3.8) is 0 Å². The van der Waals surface area contributed by atoms with Crippen molar-refractivity contribution in [1.82, 2.24) is 0 Å². The molecule has 1 aliphatic carbocycles. The molecule has 0 aromatic carbocycles. The van der Waals surface area contributed by atoms with Gasteiger partial charge in [0.05, 0.1) is 0 Å². The second-order valence-corrected chi connectivity index (χ2v) is 2.56. The summed E-state index contributed by atoms with van der Waals surface area (Å²) < 4.78 is 0. The van der Waals surface area contributed by atoms with E-state index in [1.165, 1.54) is 12.8 Å². The van der Waals surface area contributed by atoms with Crippen LogP contribution >= 0.6 is 0 Å². The Bertz CT molecular complexity index is 173. The molecule has 0 amide bonds. The highest BCUT2D eigenvalue weighted by Gasteiger charge is 2.25. The fourth-order valence-electron chi connectivity index (χ4n) is 1.16. The molecule has 1 nitrogen and oxygen atoms in total. The number of rotatable bonds is 1. The fraction of sp³-hybridized carbons (Fsp3) is 0.556. The molecule has 1 saturated carbocycles. The van der Waals surface area contributed by atoms with Crippen molar-refractivity contribution in [3.8, 4) is 11.8 Å². The molecule has 10 heavy (non-hydrogen) atoms. The summed E-state index contributed by atoms with van der Waals surface area (Å²) in [7, 11) is 0. The molecular formula is C9H12O. The minimum atomic E-state index is -0.0135. The molecule has 0 aromatic heterocycles. The highest BCUT2D eigenvalue weighted by molar-refractivity contribution is 5.12. The monoisotopic (exact) mass is 136 g/mol. The van der Waals surface area contributed by atoms with Crippen molar-refractivity contribution in [2.24, 2.45) is 11.8 Å². The SMILES string of the molecule is C=C[C@@H]1CC[C@H]1C#CCO. The van der Waals surface area contributed by atoms with Gasteiger partial charge < -0.3 is 5.11 Å². The van der Waals surface area contributed by atoms with Crippen LogP contribution in [0.4, 0.5) is 0 Å². The maximum absolute atomic E-state index is 8.39. The van der Waals surface area contributed by atoms with Crippen molar-refractivity contribution >= 4 is 0 Å². The topological polar surface area (TPSA) is 20.2 Å². The minimum absolute atomic E-state index is 0.0135. The summed E-state index contributed by atoms with van der Waals surface area (Å²) in [5.41, 5.74) is 0. The van der Waals surface area contributed by atoms with Gasteiger partial charge in [-0.3, -0.25) is 0 Å². The molecule has 1 N–H and O–H groups in total. The lowest BCUT2D eigenvalue weighted by Crippen LogP contribution is -2.21. The molecule has 54 valence electrons. The zero-order valence-corrected chi connectivity index (χ0v) is 6.01. The van der Waals surface area contributed by atoms with Crippen LogP contribution in [-0.4, -0.2) is 11.7 Å². The van der Waals surface area contributed by atoms with Crippen LogP contribution in [0.25, 0.3) is 0 Å². The van der Waals surface area contributed by atoms with Crippen LogP contribution in [-0.2, 0) is 0 Å². The normalized spacial score (nSPS) is 29.7. The molecule has 0 heterocycles. The molecule has 0 spiro atoms. The van der Waals surface area contributed by atoms with Crippen molar-refractivity contribution in [2.75, 3.05) is 6.61 Å². The van der Waals surface area contributed by atoms with E-state index in [2.05, 4.69) is 18.4 Å². The largest absolute Gasteiger partial charge is 0.384 e. The van der Waals surface area contributed by atoms with Gasteiger partial charge in [-0.05, 0) is 18.8 Å². The summed E-state index contributed by atoms with van der Waals surface area (Å²) in [6.45, 7) is 3.70. The van der Waals surface area contributed by atoms with Crippen molar-refractivity contribution in [2.45, 2.75) is 12.8 Å². The van der Waals surface area contributed by atoms with Gasteiger partial charge >= 0.3 is 0 Å². The van der Waals surface area contributed by atoms with E-state index in [1.807, 2.05) is 6.08 Å². The lowest BCUT2D eigenvalue weighted by Gasteiger charge is -2.29. The first-order valence-electron chi connectivity index (χ1n) is 3.60. The van der Waals surface area contributed by atoms with Gasteiger partial charge in [0.1, 0.15) is 6.61 Å². The van der Waals surface area contributed by atoms with Gasteiger partial charge in [0.25, 0.3) is 0 Å². The minimum Gasteiger partial charge on any atom is -0.384 e. The Morgan fingerprint density at radius 1 is 1.60 bits per heavy atom. The third-order valence-corrected chi connectivity index (χ3v) is 2.00. The molecule has 2 atom stereocenters. The molecule has 0 bridgehead atoms. The maximum Gasteiger partial charge on any atom is 0.104 e. The van der Waals surface area contributed by atoms with Gasteiger partial charge in [-0.15, -0.1) is 6.58 Å². The molecule has 0 aromatic rings. The van der Waals surface area contributed by atoms with E-state index in [1.54, 1.807) is 0 Å². The Hall–Kier alpha value is -0.740. The maximum atomic E-state index is 8.39. The number of aliphatic hydroxyl groups excluding tert-OH is 1. The Kier molecular flexibility index (Phi) is 2.53. The summed E-state index contributed by atoms with van der Waals surface area (Å²) in [5.74, 6) is 6.73. The van der Waals surface area contributed by atoms with Crippen LogP contribution in [0.2, 0.25) is 0 Å². The Labute approximate surface area is 61.8 Å². The molecule has 0 radical (unpaired) electrons. The van der Waals surface area contributed by atoms with Crippen LogP contribution in [0.1, 0.15) is 12.8 Å². The third-order valence-electron chi connectivity index (χ3n) is 2.00. The van der Waals surface area contributed by atoms with E-state index < -0.39 is 0 Å². The van der Waals surface area contributed by atoms with Crippen LogP contribution < -0.4 is 0 Å². The fourth-order valence-corrected chi connectivity index (χ4v) is 1.16. The van der Waals surface area contributed by atoms with E-state index in [0.29, 0.717) is 11.8 Å². The quantitative estimate of drug-likeness (QED) is 0.424. The lowest BCUT2D eigenvalue weighted by atomic mass is 9.74. The first kappa shape index (κ1) is 7.37. The van der Waals surface area contributed by atoms with E-state index >= 15 is 0 Å². The molecule has 1 aliphatic rings. The van der Waals surface area contributed by atoms with Crippen molar-refractivity contribution in [3.05, 3.63) is 12.7 Å². The zero-order chi connectivity index (χ0) is 7.40. The Balaban J connectivity index is 2.35. The predicted molar refractivity (Wildman–Crippen MR) is 41.3 cm³/mol. The Morgan fingerprint density at radius 2 is 2.40 bits per heavy atom.